The second-order valence-electron chi connectivity index (χ2n) is 6.98. The second-order valence-corrected chi connectivity index (χ2v) is 8.66. The molecular formula is C23H14F3NO4S2. The van der Waals surface area contributed by atoms with Crippen molar-refractivity contribution in [2.45, 2.75) is 12.2 Å². The standard InChI is InChI=1S/C23H14F3NO4S2/c24-23(25,26)15-8-4-7-14(11-15)17-10-9-16(31-17)12-18-20(28)27(22(32)33-18)19(21(29)30)13-5-2-1-3-6-13/h1-12,19H,(H,29,30)/b18-12-. The Morgan fingerprint density at radius 1 is 1.09 bits per heavy atom. The van der Waals surface area contributed by atoms with Gasteiger partial charge in [0.1, 0.15) is 15.8 Å². The molecule has 0 aliphatic carbocycles. The summed E-state index contributed by atoms with van der Waals surface area (Å²) in [6.45, 7) is 0. The molecular weight excluding hydrogens is 475 g/mol. The molecule has 0 spiro atoms. The Balaban J connectivity index is 1.61. The van der Waals surface area contributed by atoms with Crippen LogP contribution in [0.5, 0.6) is 0 Å². The Hall–Kier alpha value is -3.37. The van der Waals surface area contributed by atoms with Crippen LogP contribution in [0.15, 0.2) is 76.1 Å². The smallest absolute Gasteiger partial charge is 0.416 e. The molecule has 1 N–H and O–H groups in total. The fourth-order valence-corrected chi connectivity index (χ4v) is 4.60. The van der Waals surface area contributed by atoms with E-state index >= 15 is 0 Å². The van der Waals surface area contributed by atoms with Crippen LogP contribution in [0.2, 0.25) is 0 Å². The SMILES string of the molecule is O=C(O)C(c1ccccc1)N1C(=O)/C(=C/c2ccc(-c3cccc(C(F)(F)F)c3)o2)SC1=S. The van der Waals surface area contributed by atoms with E-state index in [0.29, 0.717) is 5.56 Å². The maximum Gasteiger partial charge on any atom is 0.416 e. The number of thioether (sulfide) groups is 1. The molecule has 1 amide bonds. The number of thiocarbonyl (C=S) groups is 1. The first-order valence-corrected chi connectivity index (χ1v) is 10.7. The average molecular weight is 489 g/mol. The highest BCUT2D eigenvalue weighted by Crippen LogP contribution is 2.39. The zero-order chi connectivity index (χ0) is 23.8. The van der Waals surface area contributed by atoms with E-state index < -0.39 is 29.7 Å². The largest absolute Gasteiger partial charge is 0.479 e. The number of hydrogen-bond donors (Lipinski definition) is 1. The first-order valence-electron chi connectivity index (χ1n) is 9.47. The van der Waals surface area contributed by atoms with Crippen LogP contribution in [0.25, 0.3) is 17.4 Å². The molecule has 1 atom stereocenters. The van der Waals surface area contributed by atoms with Gasteiger partial charge in [0.25, 0.3) is 5.91 Å². The number of nitrogens with zero attached hydrogens (tertiary/aromatic N) is 1. The molecule has 4 rings (SSSR count). The molecule has 10 heteroatoms. The monoisotopic (exact) mass is 489 g/mol. The minimum Gasteiger partial charge on any atom is -0.479 e. The fourth-order valence-electron chi connectivity index (χ4n) is 3.30. The van der Waals surface area contributed by atoms with E-state index in [0.717, 1.165) is 28.8 Å². The van der Waals surface area contributed by atoms with Gasteiger partial charge in [0.15, 0.2) is 6.04 Å². The first kappa shape index (κ1) is 22.8. The van der Waals surface area contributed by atoms with Crippen molar-refractivity contribution in [2.24, 2.45) is 0 Å². The van der Waals surface area contributed by atoms with Gasteiger partial charge in [-0.3, -0.25) is 9.69 Å². The van der Waals surface area contributed by atoms with Gasteiger partial charge in [0, 0.05) is 11.6 Å². The van der Waals surface area contributed by atoms with Gasteiger partial charge in [-0.25, -0.2) is 4.79 Å². The van der Waals surface area contributed by atoms with Crippen molar-refractivity contribution in [1.29, 1.82) is 0 Å². The molecule has 1 aliphatic rings. The van der Waals surface area contributed by atoms with E-state index in [2.05, 4.69) is 0 Å². The minimum absolute atomic E-state index is 0.0761. The van der Waals surface area contributed by atoms with Crippen LogP contribution in [-0.2, 0) is 15.8 Å². The lowest BCUT2D eigenvalue weighted by atomic mass is 10.1. The first-order chi connectivity index (χ1) is 15.6. The third kappa shape index (κ3) is 4.71. The molecule has 2 aromatic carbocycles. The van der Waals surface area contributed by atoms with Gasteiger partial charge in [-0.2, -0.15) is 13.2 Å². The fraction of sp³-hybridized carbons (Fsp3) is 0.0870. The van der Waals surface area contributed by atoms with Gasteiger partial charge in [-0.15, -0.1) is 0 Å². The Kier molecular flexibility index (Phi) is 6.13. The molecule has 0 bridgehead atoms. The number of alkyl halides is 3. The van der Waals surface area contributed by atoms with Crippen molar-refractivity contribution in [3.05, 3.63) is 88.5 Å². The zero-order valence-corrected chi connectivity index (χ0v) is 18.2. The van der Waals surface area contributed by atoms with E-state index in [-0.39, 0.29) is 26.3 Å². The van der Waals surface area contributed by atoms with Crippen molar-refractivity contribution in [1.82, 2.24) is 4.90 Å². The van der Waals surface area contributed by atoms with Crippen molar-refractivity contribution in [3.8, 4) is 11.3 Å². The molecule has 1 aromatic heterocycles. The molecule has 0 saturated carbocycles. The molecule has 1 fully saturated rings. The lowest BCUT2D eigenvalue weighted by molar-refractivity contribution is -0.145. The summed E-state index contributed by atoms with van der Waals surface area (Å²) >= 11 is 6.19. The van der Waals surface area contributed by atoms with Crippen LogP contribution in [0, 0.1) is 0 Å². The lowest BCUT2D eigenvalue weighted by Gasteiger charge is -2.23. The quantitative estimate of drug-likeness (QED) is 0.351. The molecule has 0 radical (unpaired) electrons. The normalized spacial score (nSPS) is 16.5. The number of benzene rings is 2. The Morgan fingerprint density at radius 3 is 2.48 bits per heavy atom. The van der Waals surface area contributed by atoms with Crippen LogP contribution in [0.3, 0.4) is 0 Å². The topological polar surface area (TPSA) is 70.8 Å². The summed E-state index contributed by atoms with van der Waals surface area (Å²) in [6, 6.07) is 14.6. The number of carbonyl (C=O) groups is 2. The number of amides is 1. The van der Waals surface area contributed by atoms with Gasteiger partial charge in [0.2, 0.25) is 0 Å². The van der Waals surface area contributed by atoms with E-state index in [4.69, 9.17) is 16.6 Å². The summed E-state index contributed by atoms with van der Waals surface area (Å²) in [5.41, 5.74) is -0.182. The number of halogens is 3. The maximum atomic E-state index is 13.0. The molecule has 1 unspecified atom stereocenters. The molecule has 5 nitrogen and oxygen atoms in total. The van der Waals surface area contributed by atoms with E-state index in [1.807, 2.05) is 0 Å². The molecule has 33 heavy (non-hydrogen) atoms. The summed E-state index contributed by atoms with van der Waals surface area (Å²) in [4.78, 5) is 26.1. The van der Waals surface area contributed by atoms with Crippen molar-refractivity contribution in [2.75, 3.05) is 0 Å². The van der Waals surface area contributed by atoms with Crippen molar-refractivity contribution in [3.63, 3.8) is 0 Å². The highest BCUT2D eigenvalue weighted by molar-refractivity contribution is 8.26. The number of carboxylic acid groups (broad SMARTS) is 1. The summed E-state index contributed by atoms with van der Waals surface area (Å²) in [6.07, 6.45) is -3.10. The third-order valence-corrected chi connectivity index (χ3v) is 6.14. The highest BCUT2D eigenvalue weighted by Gasteiger charge is 2.41. The number of rotatable bonds is 5. The van der Waals surface area contributed by atoms with Gasteiger partial charge in [0.05, 0.1) is 10.5 Å². The van der Waals surface area contributed by atoms with Gasteiger partial charge in [-0.05, 0) is 29.8 Å². The number of aliphatic carboxylic acids is 1. The lowest BCUT2D eigenvalue weighted by Crippen LogP contribution is -2.37. The number of carboxylic acids is 1. The number of carbonyl (C=O) groups excluding carboxylic acids is 1. The van der Waals surface area contributed by atoms with Crippen LogP contribution < -0.4 is 0 Å². The average Bonchev–Trinajstić information content (AvgIpc) is 3.34. The Bertz CT molecular complexity index is 1270. The van der Waals surface area contributed by atoms with Crippen molar-refractivity contribution >= 4 is 46.3 Å². The number of hydrogen-bond acceptors (Lipinski definition) is 5. The Morgan fingerprint density at radius 2 is 1.82 bits per heavy atom. The second kappa shape index (κ2) is 8.87. The van der Waals surface area contributed by atoms with Crippen LogP contribution in [0.1, 0.15) is 22.9 Å². The summed E-state index contributed by atoms with van der Waals surface area (Å²) in [5, 5.41) is 9.73. The van der Waals surface area contributed by atoms with Crippen LogP contribution >= 0.6 is 24.0 Å². The van der Waals surface area contributed by atoms with Gasteiger partial charge >= 0.3 is 12.1 Å². The molecule has 2 heterocycles. The predicted octanol–water partition coefficient (Wildman–Crippen LogP) is 5.99. The molecule has 1 aliphatic heterocycles. The molecule has 3 aromatic rings. The maximum absolute atomic E-state index is 13.0. The highest BCUT2D eigenvalue weighted by atomic mass is 32.2. The van der Waals surface area contributed by atoms with Gasteiger partial charge in [-0.1, -0.05) is 66.4 Å². The van der Waals surface area contributed by atoms with E-state index in [1.54, 1.807) is 30.3 Å². The van der Waals surface area contributed by atoms with E-state index in [1.165, 1.54) is 30.3 Å². The summed E-state index contributed by atoms with van der Waals surface area (Å²) in [7, 11) is 0. The summed E-state index contributed by atoms with van der Waals surface area (Å²) in [5.74, 6) is -1.42. The predicted molar refractivity (Wildman–Crippen MR) is 121 cm³/mol. The zero-order valence-electron chi connectivity index (χ0n) is 16.6. The minimum atomic E-state index is -4.49. The summed E-state index contributed by atoms with van der Waals surface area (Å²) < 4.78 is 44.6. The number of furan rings is 1. The van der Waals surface area contributed by atoms with E-state index in [9.17, 15) is 27.9 Å². The third-order valence-electron chi connectivity index (χ3n) is 4.81. The van der Waals surface area contributed by atoms with Crippen molar-refractivity contribution < 1.29 is 32.3 Å². The van der Waals surface area contributed by atoms with Gasteiger partial charge < -0.3 is 9.52 Å². The molecule has 168 valence electrons. The van der Waals surface area contributed by atoms with Crippen LogP contribution in [0.4, 0.5) is 13.2 Å². The molecule has 1 saturated heterocycles. The van der Waals surface area contributed by atoms with Crippen LogP contribution in [-0.4, -0.2) is 26.2 Å². The Labute approximate surface area is 195 Å².